The molecule has 3 rings (SSSR count). The number of aryl methyl sites for hydroxylation is 2. The van der Waals surface area contributed by atoms with Crippen LogP contribution in [0.2, 0.25) is 0 Å². The Bertz CT molecular complexity index is 735. The summed E-state index contributed by atoms with van der Waals surface area (Å²) in [5, 5.41) is 2.80. The lowest BCUT2D eigenvalue weighted by Gasteiger charge is -2.30. The van der Waals surface area contributed by atoms with Crippen LogP contribution < -0.4 is 10.1 Å². The van der Waals surface area contributed by atoms with Crippen molar-refractivity contribution in [3.63, 3.8) is 0 Å². The van der Waals surface area contributed by atoms with Crippen LogP contribution in [0.5, 0.6) is 5.75 Å². The van der Waals surface area contributed by atoms with Gasteiger partial charge < -0.3 is 10.1 Å². The van der Waals surface area contributed by atoms with Crippen molar-refractivity contribution in [1.29, 1.82) is 0 Å². The highest BCUT2D eigenvalue weighted by molar-refractivity contribution is 6.08. The second kappa shape index (κ2) is 6.50. The number of nitrogens with one attached hydrogen (secondary N) is 1. The molecule has 6 nitrogen and oxygen atoms in total. The maximum absolute atomic E-state index is 12.7. The van der Waals surface area contributed by atoms with E-state index < -0.39 is 17.5 Å². The van der Waals surface area contributed by atoms with Gasteiger partial charge in [-0.05, 0) is 50.3 Å². The van der Waals surface area contributed by atoms with Crippen LogP contribution in [-0.4, -0.2) is 34.9 Å². The number of carbonyl (C=O) groups is 3. The summed E-state index contributed by atoms with van der Waals surface area (Å²) in [5.41, 5.74) is 1.93. The highest BCUT2D eigenvalue weighted by atomic mass is 16.5. The fourth-order valence-electron chi connectivity index (χ4n) is 3.67. The lowest BCUT2D eigenvalue weighted by atomic mass is 9.82. The third-order valence-corrected chi connectivity index (χ3v) is 5.33. The van der Waals surface area contributed by atoms with Crippen molar-refractivity contribution in [2.45, 2.75) is 58.4 Å². The molecule has 1 heterocycles. The summed E-state index contributed by atoms with van der Waals surface area (Å²) in [4.78, 5) is 38.3. The number of hydrogen-bond acceptors (Lipinski definition) is 4. The molecule has 3 amide bonds. The van der Waals surface area contributed by atoms with E-state index in [2.05, 4.69) is 5.32 Å². The molecule has 1 aromatic carbocycles. The van der Waals surface area contributed by atoms with Crippen molar-refractivity contribution in [3.8, 4) is 5.75 Å². The maximum Gasteiger partial charge on any atom is 0.331 e. The van der Waals surface area contributed by atoms with Crippen molar-refractivity contribution in [3.05, 3.63) is 28.8 Å². The Morgan fingerprint density at radius 2 is 1.76 bits per heavy atom. The van der Waals surface area contributed by atoms with Crippen LogP contribution in [0, 0.1) is 20.8 Å². The Hall–Kier alpha value is -2.37. The van der Waals surface area contributed by atoms with Crippen molar-refractivity contribution in [1.82, 2.24) is 10.2 Å². The number of ether oxygens (including phenoxy) is 1. The molecule has 0 radical (unpaired) electrons. The number of hydrogen-bond donors (Lipinski definition) is 1. The largest absolute Gasteiger partial charge is 0.425 e. The molecule has 25 heavy (non-hydrogen) atoms. The van der Waals surface area contributed by atoms with Gasteiger partial charge in [0.25, 0.3) is 5.91 Å². The predicted octanol–water partition coefficient (Wildman–Crippen LogP) is 2.77. The standard InChI is InChI=1S/C19H24N2O4/c1-12-7-8-13(2)16(14(12)3)25-15(22)11-21-17(23)19(20-18(21)24)9-5-4-6-10-19/h7-8H,4-6,9-11H2,1-3H3,(H,20,24). The number of rotatable bonds is 3. The van der Waals surface area contributed by atoms with Gasteiger partial charge >= 0.3 is 12.0 Å². The van der Waals surface area contributed by atoms with Gasteiger partial charge in [-0.2, -0.15) is 0 Å². The zero-order chi connectivity index (χ0) is 18.2. The number of esters is 1. The quantitative estimate of drug-likeness (QED) is 0.520. The fourth-order valence-corrected chi connectivity index (χ4v) is 3.67. The average Bonchev–Trinajstić information content (AvgIpc) is 2.80. The number of amides is 3. The van der Waals surface area contributed by atoms with E-state index in [9.17, 15) is 14.4 Å². The van der Waals surface area contributed by atoms with Gasteiger partial charge in [-0.1, -0.05) is 31.4 Å². The number of urea groups is 1. The molecule has 1 aliphatic carbocycles. The van der Waals surface area contributed by atoms with Gasteiger partial charge in [0, 0.05) is 0 Å². The SMILES string of the molecule is Cc1ccc(C)c(OC(=O)CN2C(=O)NC3(CCCCC3)C2=O)c1C. The molecular formula is C19H24N2O4. The smallest absolute Gasteiger partial charge is 0.331 e. The van der Waals surface area contributed by atoms with Crippen molar-refractivity contribution >= 4 is 17.9 Å². The van der Waals surface area contributed by atoms with Crippen LogP contribution in [0.25, 0.3) is 0 Å². The third kappa shape index (κ3) is 3.13. The van der Waals surface area contributed by atoms with Crippen LogP contribution in [-0.2, 0) is 9.59 Å². The Labute approximate surface area is 147 Å². The van der Waals surface area contributed by atoms with Gasteiger partial charge in [0.2, 0.25) is 0 Å². The molecule has 1 saturated carbocycles. The number of nitrogens with zero attached hydrogens (tertiary/aromatic N) is 1. The van der Waals surface area contributed by atoms with Gasteiger partial charge in [0.15, 0.2) is 0 Å². The number of carbonyl (C=O) groups excluding carboxylic acids is 3. The van der Waals surface area contributed by atoms with Gasteiger partial charge in [-0.25, -0.2) is 9.59 Å². The average molecular weight is 344 g/mol. The summed E-state index contributed by atoms with van der Waals surface area (Å²) in [6, 6.07) is 3.35. The molecule has 134 valence electrons. The Balaban J connectivity index is 1.72. The molecule has 0 atom stereocenters. The van der Waals surface area contributed by atoms with Crippen LogP contribution in [0.3, 0.4) is 0 Å². The molecule has 0 bridgehead atoms. The lowest BCUT2D eigenvalue weighted by molar-refractivity contribution is -0.141. The van der Waals surface area contributed by atoms with E-state index in [4.69, 9.17) is 4.74 Å². The summed E-state index contributed by atoms with van der Waals surface area (Å²) < 4.78 is 5.48. The molecule has 2 aliphatic rings. The monoisotopic (exact) mass is 344 g/mol. The van der Waals surface area contributed by atoms with Gasteiger partial charge in [-0.15, -0.1) is 0 Å². The zero-order valence-electron chi connectivity index (χ0n) is 15.0. The first-order valence-electron chi connectivity index (χ1n) is 8.76. The van der Waals surface area contributed by atoms with Crippen molar-refractivity contribution < 1.29 is 19.1 Å². The molecule has 6 heteroatoms. The highest BCUT2D eigenvalue weighted by Crippen LogP contribution is 2.33. The summed E-state index contributed by atoms with van der Waals surface area (Å²) in [6.45, 7) is 5.32. The topological polar surface area (TPSA) is 75.7 Å². The molecule has 2 fully saturated rings. The maximum atomic E-state index is 12.7. The molecule has 0 unspecified atom stereocenters. The first kappa shape index (κ1) is 17.5. The van der Waals surface area contributed by atoms with Crippen molar-refractivity contribution in [2.24, 2.45) is 0 Å². The van der Waals surface area contributed by atoms with Crippen LogP contribution in [0.15, 0.2) is 12.1 Å². The van der Waals surface area contributed by atoms with Gasteiger partial charge in [0.05, 0.1) is 0 Å². The summed E-state index contributed by atoms with van der Waals surface area (Å²) >= 11 is 0. The Kier molecular flexibility index (Phi) is 4.54. The fraction of sp³-hybridized carbons (Fsp3) is 0.526. The zero-order valence-corrected chi connectivity index (χ0v) is 15.0. The summed E-state index contributed by atoms with van der Waals surface area (Å²) in [6.07, 6.45) is 4.16. The number of imide groups is 1. The molecule has 1 saturated heterocycles. The summed E-state index contributed by atoms with van der Waals surface area (Å²) in [7, 11) is 0. The minimum absolute atomic E-state index is 0.299. The normalized spacial score (nSPS) is 19.2. The van der Waals surface area contributed by atoms with Crippen LogP contribution in [0.4, 0.5) is 4.79 Å². The van der Waals surface area contributed by atoms with Crippen LogP contribution in [0.1, 0.15) is 48.8 Å². The van der Waals surface area contributed by atoms with E-state index in [1.54, 1.807) is 0 Å². The Morgan fingerprint density at radius 3 is 2.44 bits per heavy atom. The molecule has 1 spiro atoms. The third-order valence-electron chi connectivity index (χ3n) is 5.33. The Morgan fingerprint density at radius 1 is 1.12 bits per heavy atom. The lowest BCUT2D eigenvalue weighted by Crippen LogP contribution is -2.48. The van der Waals surface area contributed by atoms with E-state index in [0.29, 0.717) is 18.6 Å². The van der Waals surface area contributed by atoms with Crippen LogP contribution >= 0.6 is 0 Å². The van der Waals surface area contributed by atoms with E-state index >= 15 is 0 Å². The second-order valence-electron chi connectivity index (χ2n) is 7.09. The van der Waals surface area contributed by atoms with E-state index in [1.165, 1.54) is 0 Å². The van der Waals surface area contributed by atoms with E-state index in [0.717, 1.165) is 40.9 Å². The van der Waals surface area contributed by atoms with Crippen molar-refractivity contribution in [2.75, 3.05) is 6.54 Å². The first-order valence-corrected chi connectivity index (χ1v) is 8.76. The highest BCUT2D eigenvalue weighted by Gasteiger charge is 2.51. The van der Waals surface area contributed by atoms with E-state index in [-0.39, 0.29) is 12.5 Å². The molecule has 1 aliphatic heterocycles. The van der Waals surface area contributed by atoms with Gasteiger partial charge in [0.1, 0.15) is 17.8 Å². The first-order chi connectivity index (χ1) is 11.8. The predicted molar refractivity (Wildman–Crippen MR) is 92.3 cm³/mol. The summed E-state index contributed by atoms with van der Waals surface area (Å²) in [5.74, 6) is -0.399. The minimum Gasteiger partial charge on any atom is -0.425 e. The van der Waals surface area contributed by atoms with Gasteiger partial charge in [-0.3, -0.25) is 9.69 Å². The molecule has 1 N–H and O–H groups in total. The van der Waals surface area contributed by atoms with E-state index in [1.807, 2.05) is 32.9 Å². The molecular weight excluding hydrogens is 320 g/mol. The minimum atomic E-state index is -0.815. The second-order valence-corrected chi connectivity index (χ2v) is 7.09. The molecule has 1 aromatic rings. The molecule has 0 aromatic heterocycles. The number of benzene rings is 1.